The van der Waals surface area contributed by atoms with Crippen LogP contribution in [0.3, 0.4) is 0 Å². The maximum absolute atomic E-state index is 13.2. The molecule has 4 fully saturated rings. The van der Waals surface area contributed by atoms with Crippen LogP contribution in [0.15, 0.2) is 30.6 Å². The first-order valence-electron chi connectivity index (χ1n) is 11.7. The van der Waals surface area contributed by atoms with E-state index in [1.807, 2.05) is 0 Å². The second kappa shape index (κ2) is 7.28. The molecule has 0 radical (unpaired) electrons. The van der Waals surface area contributed by atoms with Crippen LogP contribution in [0, 0.1) is 29.0 Å². The first-order chi connectivity index (χ1) is 15.1. The second-order valence-corrected chi connectivity index (χ2v) is 10.4. The van der Waals surface area contributed by atoms with E-state index in [4.69, 9.17) is 0 Å². The Labute approximate surface area is 182 Å². The van der Waals surface area contributed by atoms with E-state index in [1.54, 1.807) is 23.4 Å². The summed E-state index contributed by atoms with van der Waals surface area (Å²) >= 11 is 0. The molecule has 0 atom stereocenters. The molecular formula is C25H29FN4O. The Bertz CT molecular complexity index is 970. The number of amides is 1. The lowest BCUT2D eigenvalue weighted by Crippen LogP contribution is -2.49. The summed E-state index contributed by atoms with van der Waals surface area (Å²) in [6, 6.07) is 5.76. The first kappa shape index (κ1) is 19.2. The molecule has 4 aliphatic carbocycles. The summed E-state index contributed by atoms with van der Waals surface area (Å²) in [5, 5.41) is 3.72. The number of nitrogens with one attached hydrogen (secondary N) is 1. The van der Waals surface area contributed by atoms with Gasteiger partial charge in [-0.3, -0.25) is 4.79 Å². The van der Waals surface area contributed by atoms with E-state index in [0.717, 1.165) is 47.8 Å². The molecule has 5 aliphatic rings. The monoisotopic (exact) mass is 420 g/mol. The van der Waals surface area contributed by atoms with Gasteiger partial charge in [0.25, 0.3) is 5.91 Å². The van der Waals surface area contributed by atoms with E-state index in [9.17, 15) is 9.18 Å². The fourth-order valence-electron chi connectivity index (χ4n) is 7.23. The summed E-state index contributed by atoms with van der Waals surface area (Å²) in [6.07, 6.45) is 10.9. The van der Waals surface area contributed by atoms with Crippen LogP contribution in [0.25, 0.3) is 0 Å². The maximum Gasteiger partial charge on any atom is 0.254 e. The van der Waals surface area contributed by atoms with Crippen molar-refractivity contribution in [2.75, 3.05) is 18.4 Å². The van der Waals surface area contributed by atoms with Crippen LogP contribution in [0.2, 0.25) is 0 Å². The molecule has 2 aromatic rings. The maximum atomic E-state index is 13.2. The minimum Gasteiger partial charge on any atom is -0.369 e. The molecule has 0 saturated heterocycles. The molecule has 0 unspecified atom stereocenters. The average Bonchev–Trinajstić information content (AvgIpc) is 2.76. The highest BCUT2D eigenvalue weighted by atomic mass is 19.1. The van der Waals surface area contributed by atoms with E-state index in [2.05, 4.69) is 15.3 Å². The number of carbonyl (C=O) groups excluding carboxylic acids is 1. The number of hydrogen-bond acceptors (Lipinski definition) is 4. The Hall–Kier alpha value is -2.50. The van der Waals surface area contributed by atoms with Crippen LogP contribution >= 0.6 is 0 Å². The molecule has 2 heterocycles. The number of anilines is 1. The molecule has 1 aromatic heterocycles. The number of aromatic nitrogens is 2. The summed E-state index contributed by atoms with van der Waals surface area (Å²) in [5.74, 6) is 3.38. The van der Waals surface area contributed by atoms with E-state index in [-0.39, 0.29) is 11.7 Å². The van der Waals surface area contributed by atoms with Crippen molar-refractivity contribution in [3.8, 4) is 0 Å². The van der Waals surface area contributed by atoms with Crippen molar-refractivity contribution in [3.05, 3.63) is 53.2 Å². The molecule has 4 saturated carbocycles. The van der Waals surface area contributed by atoms with Crippen LogP contribution in [0.1, 0.15) is 60.1 Å². The topological polar surface area (TPSA) is 58.1 Å². The number of carbonyl (C=O) groups is 1. The summed E-state index contributed by atoms with van der Waals surface area (Å²) in [4.78, 5) is 23.7. The van der Waals surface area contributed by atoms with Crippen LogP contribution in [0.5, 0.6) is 0 Å². The highest BCUT2D eigenvalue weighted by Gasteiger charge is 2.50. The molecule has 162 valence electrons. The van der Waals surface area contributed by atoms with Gasteiger partial charge in [-0.1, -0.05) is 0 Å². The number of fused-ring (bicyclic) bond motifs is 1. The molecule has 4 bridgehead atoms. The van der Waals surface area contributed by atoms with Crippen molar-refractivity contribution in [2.45, 2.75) is 51.5 Å². The Balaban J connectivity index is 1.16. The van der Waals surface area contributed by atoms with Gasteiger partial charge in [-0.15, -0.1) is 0 Å². The van der Waals surface area contributed by atoms with E-state index < -0.39 is 0 Å². The molecule has 1 N–H and O–H groups in total. The summed E-state index contributed by atoms with van der Waals surface area (Å²) in [5.41, 5.74) is 3.03. The summed E-state index contributed by atoms with van der Waals surface area (Å²) < 4.78 is 13.2. The van der Waals surface area contributed by atoms with Crippen LogP contribution < -0.4 is 5.32 Å². The van der Waals surface area contributed by atoms with Crippen molar-refractivity contribution in [1.29, 1.82) is 0 Å². The average molecular weight is 421 g/mol. The highest BCUT2D eigenvalue weighted by molar-refractivity contribution is 5.94. The largest absolute Gasteiger partial charge is 0.369 e. The van der Waals surface area contributed by atoms with Crippen molar-refractivity contribution in [3.63, 3.8) is 0 Å². The molecule has 1 aromatic carbocycles. The number of nitrogens with zero attached hydrogens (tertiary/aromatic N) is 3. The van der Waals surface area contributed by atoms with Crippen LogP contribution in [0.4, 0.5) is 10.2 Å². The predicted octanol–water partition coefficient (Wildman–Crippen LogP) is 4.44. The minimum absolute atomic E-state index is 0.0765. The van der Waals surface area contributed by atoms with Crippen molar-refractivity contribution < 1.29 is 9.18 Å². The Kier molecular flexibility index (Phi) is 4.51. The smallest absolute Gasteiger partial charge is 0.254 e. The van der Waals surface area contributed by atoms with Gasteiger partial charge in [0.05, 0.1) is 12.2 Å². The molecular weight excluding hydrogens is 391 g/mol. The fourth-order valence-corrected chi connectivity index (χ4v) is 7.23. The number of hydrogen-bond donors (Lipinski definition) is 1. The highest BCUT2D eigenvalue weighted by Crippen LogP contribution is 2.59. The normalized spacial score (nSPS) is 30.9. The lowest BCUT2D eigenvalue weighted by molar-refractivity contribution is -0.0444. The lowest BCUT2D eigenvalue weighted by Gasteiger charge is -2.57. The molecule has 1 aliphatic heterocycles. The number of halogens is 1. The third-order valence-electron chi connectivity index (χ3n) is 8.18. The molecule has 7 rings (SSSR count). The van der Waals surface area contributed by atoms with Gasteiger partial charge in [0.2, 0.25) is 0 Å². The van der Waals surface area contributed by atoms with Crippen molar-refractivity contribution in [2.24, 2.45) is 23.2 Å². The van der Waals surface area contributed by atoms with Gasteiger partial charge in [-0.2, -0.15) is 0 Å². The van der Waals surface area contributed by atoms with Crippen molar-refractivity contribution >= 4 is 11.7 Å². The van der Waals surface area contributed by atoms with Gasteiger partial charge < -0.3 is 10.2 Å². The van der Waals surface area contributed by atoms with Crippen LogP contribution in [-0.2, 0) is 13.0 Å². The van der Waals surface area contributed by atoms with Gasteiger partial charge in [0.1, 0.15) is 18.0 Å². The molecule has 0 spiro atoms. The summed E-state index contributed by atoms with van der Waals surface area (Å²) in [6.45, 7) is 2.11. The van der Waals surface area contributed by atoms with Gasteiger partial charge >= 0.3 is 0 Å². The lowest BCUT2D eigenvalue weighted by atomic mass is 9.49. The third-order valence-corrected chi connectivity index (χ3v) is 8.18. The first-order valence-corrected chi connectivity index (χ1v) is 11.7. The fraction of sp³-hybridized carbons (Fsp3) is 0.560. The molecule has 1 amide bonds. The van der Waals surface area contributed by atoms with Crippen LogP contribution in [-0.4, -0.2) is 33.9 Å². The number of benzene rings is 1. The number of rotatable bonds is 4. The van der Waals surface area contributed by atoms with E-state index >= 15 is 0 Å². The van der Waals surface area contributed by atoms with Gasteiger partial charge in [-0.05, 0) is 92.4 Å². The Morgan fingerprint density at radius 3 is 2.42 bits per heavy atom. The van der Waals surface area contributed by atoms with Gasteiger partial charge in [0.15, 0.2) is 0 Å². The molecule has 6 heteroatoms. The zero-order valence-electron chi connectivity index (χ0n) is 17.8. The third kappa shape index (κ3) is 3.50. The molecule has 31 heavy (non-hydrogen) atoms. The van der Waals surface area contributed by atoms with E-state index in [0.29, 0.717) is 24.1 Å². The van der Waals surface area contributed by atoms with E-state index in [1.165, 1.54) is 50.7 Å². The molecule has 5 nitrogen and oxygen atoms in total. The Morgan fingerprint density at radius 2 is 1.74 bits per heavy atom. The van der Waals surface area contributed by atoms with Crippen molar-refractivity contribution in [1.82, 2.24) is 14.9 Å². The minimum atomic E-state index is -0.331. The zero-order chi connectivity index (χ0) is 21.0. The standard InChI is InChI=1S/C25H29FN4O/c26-20-3-1-19(2-4-20)24(31)30-6-5-21-22(13-30)28-15-29-23(21)27-14-25-10-16-7-17(11-25)9-18(8-16)12-25/h1-4,15-18H,5-14H2,(H,27,28,29). The van der Waals surface area contributed by atoms with Gasteiger partial charge in [-0.25, -0.2) is 14.4 Å². The Morgan fingerprint density at radius 1 is 1.06 bits per heavy atom. The SMILES string of the molecule is O=C(c1ccc(F)cc1)N1CCc2c(ncnc2NCC23CC4CC(CC(C4)C2)C3)C1. The second-order valence-electron chi connectivity index (χ2n) is 10.4. The quantitative estimate of drug-likeness (QED) is 0.794. The van der Waals surface area contributed by atoms with Gasteiger partial charge in [0, 0.05) is 24.2 Å². The summed E-state index contributed by atoms with van der Waals surface area (Å²) in [7, 11) is 0. The predicted molar refractivity (Wildman–Crippen MR) is 116 cm³/mol. The zero-order valence-corrected chi connectivity index (χ0v) is 17.8.